The molecule has 218 valence electrons. The Morgan fingerprint density at radius 3 is 2.39 bits per heavy atom. The molecular weight excluding hydrogens is 542 g/mol. The van der Waals surface area contributed by atoms with Crippen molar-refractivity contribution in [2.24, 2.45) is 0 Å². The van der Waals surface area contributed by atoms with Gasteiger partial charge in [-0.25, -0.2) is 8.42 Å². The highest BCUT2D eigenvalue weighted by Crippen LogP contribution is 2.36. The molecule has 41 heavy (non-hydrogen) atoms. The van der Waals surface area contributed by atoms with Crippen molar-refractivity contribution in [3.63, 3.8) is 0 Å². The lowest BCUT2D eigenvalue weighted by molar-refractivity contribution is -0.141. The minimum Gasteiger partial charge on any atom is -0.454 e. The van der Waals surface area contributed by atoms with Crippen LogP contribution < -0.4 is 19.1 Å². The minimum atomic E-state index is -3.64. The Hall–Kier alpha value is -4.05. The molecule has 0 bridgehead atoms. The Labute approximate surface area is 242 Å². The Morgan fingerprint density at radius 1 is 0.976 bits per heavy atom. The highest BCUT2D eigenvalue weighted by molar-refractivity contribution is 7.92. The molecule has 1 N–H and O–H groups in total. The first kappa shape index (κ1) is 29.9. The van der Waals surface area contributed by atoms with E-state index in [0.29, 0.717) is 30.2 Å². The number of sulfonamides is 1. The van der Waals surface area contributed by atoms with E-state index in [1.54, 1.807) is 23.1 Å². The number of rotatable bonds is 13. The number of amides is 2. The van der Waals surface area contributed by atoms with E-state index in [-0.39, 0.29) is 44.5 Å². The predicted octanol–water partition coefficient (Wildman–Crippen LogP) is 4.05. The molecule has 0 aromatic heterocycles. The number of hydrogen-bond donors (Lipinski definition) is 1. The summed E-state index contributed by atoms with van der Waals surface area (Å²) < 4.78 is 37.4. The molecule has 1 aliphatic rings. The zero-order valence-electron chi connectivity index (χ0n) is 23.7. The van der Waals surface area contributed by atoms with E-state index < -0.39 is 16.1 Å². The van der Waals surface area contributed by atoms with Crippen molar-refractivity contribution in [3.05, 3.63) is 89.5 Å². The van der Waals surface area contributed by atoms with Crippen LogP contribution in [0, 0.1) is 6.92 Å². The van der Waals surface area contributed by atoms with Gasteiger partial charge in [-0.2, -0.15) is 0 Å². The number of benzene rings is 3. The topological polar surface area (TPSA) is 105 Å². The summed E-state index contributed by atoms with van der Waals surface area (Å²) in [4.78, 5) is 28.8. The lowest BCUT2D eigenvalue weighted by Gasteiger charge is -2.32. The van der Waals surface area contributed by atoms with E-state index in [1.165, 1.54) is 4.31 Å². The second-order valence-corrected chi connectivity index (χ2v) is 11.9. The van der Waals surface area contributed by atoms with Gasteiger partial charge in [-0.3, -0.25) is 13.9 Å². The maximum Gasteiger partial charge on any atom is 0.243 e. The molecule has 0 fully saturated rings. The molecule has 1 atom stereocenters. The van der Waals surface area contributed by atoms with Crippen LogP contribution >= 0.6 is 0 Å². The van der Waals surface area contributed by atoms with Crippen molar-refractivity contribution in [3.8, 4) is 11.5 Å². The number of aryl methyl sites for hydroxylation is 1. The van der Waals surface area contributed by atoms with E-state index in [1.807, 2.05) is 68.4 Å². The highest BCUT2D eigenvalue weighted by atomic mass is 32.2. The maximum atomic E-state index is 13.9. The molecule has 0 saturated carbocycles. The Bertz CT molecular complexity index is 1460. The van der Waals surface area contributed by atoms with Crippen molar-refractivity contribution in [2.45, 2.75) is 45.7 Å². The molecule has 0 aliphatic carbocycles. The van der Waals surface area contributed by atoms with Gasteiger partial charge in [-0.15, -0.1) is 0 Å². The van der Waals surface area contributed by atoms with Crippen molar-refractivity contribution < 1.29 is 27.5 Å². The van der Waals surface area contributed by atoms with E-state index in [0.717, 1.165) is 22.9 Å². The second kappa shape index (κ2) is 13.5. The molecule has 3 aromatic rings. The fourth-order valence-electron chi connectivity index (χ4n) is 4.86. The first-order chi connectivity index (χ1) is 19.7. The summed E-state index contributed by atoms with van der Waals surface area (Å²) in [6, 6.07) is 21.6. The molecule has 0 unspecified atom stereocenters. The first-order valence-corrected chi connectivity index (χ1v) is 15.5. The molecule has 9 nitrogen and oxygen atoms in total. The molecule has 0 radical (unpaired) electrons. The fraction of sp³-hybridized carbons (Fsp3) is 0.355. The van der Waals surface area contributed by atoms with Crippen LogP contribution in [0.4, 0.5) is 5.69 Å². The number of hydrogen-bond acceptors (Lipinski definition) is 6. The summed E-state index contributed by atoms with van der Waals surface area (Å²) in [6.45, 7) is 4.70. The van der Waals surface area contributed by atoms with Gasteiger partial charge >= 0.3 is 0 Å². The van der Waals surface area contributed by atoms with Crippen molar-refractivity contribution in [2.75, 3.05) is 30.4 Å². The van der Waals surface area contributed by atoms with Crippen LogP contribution in [0.1, 0.15) is 36.5 Å². The smallest absolute Gasteiger partial charge is 0.243 e. The number of ether oxygens (including phenoxy) is 2. The van der Waals surface area contributed by atoms with Crippen LogP contribution in [0.2, 0.25) is 0 Å². The van der Waals surface area contributed by atoms with Gasteiger partial charge in [0.15, 0.2) is 11.5 Å². The number of fused-ring (bicyclic) bond motifs is 1. The number of likely N-dealkylation sites (N-methyl/N-ethyl adjacent to an activating group) is 1. The third-order valence-electron chi connectivity index (χ3n) is 7.02. The number of nitrogens with zero attached hydrogens (tertiary/aromatic N) is 2. The van der Waals surface area contributed by atoms with Gasteiger partial charge in [0.1, 0.15) is 6.04 Å². The number of carbonyl (C=O) groups is 2. The maximum absolute atomic E-state index is 13.9. The van der Waals surface area contributed by atoms with Crippen LogP contribution in [0.3, 0.4) is 0 Å². The zero-order valence-corrected chi connectivity index (χ0v) is 24.5. The van der Waals surface area contributed by atoms with E-state index in [4.69, 9.17) is 9.47 Å². The first-order valence-electron chi connectivity index (χ1n) is 13.7. The van der Waals surface area contributed by atoms with Gasteiger partial charge in [0.05, 0.1) is 11.9 Å². The summed E-state index contributed by atoms with van der Waals surface area (Å²) in [5.74, 6) is 0.581. The molecular formula is C31H37N3O6S. The minimum absolute atomic E-state index is 0.0626. The van der Waals surface area contributed by atoms with E-state index >= 15 is 0 Å². The molecule has 1 heterocycles. The Morgan fingerprint density at radius 2 is 1.68 bits per heavy atom. The van der Waals surface area contributed by atoms with Crippen molar-refractivity contribution in [1.82, 2.24) is 10.2 Å². The van der Waals surface area contributed by atoms with E-state index in [2.05, 4.69) is 5.32 Å². The lowest BCUT2D eigenvalue weighted by Crippen LogP contribution is -2.50. The van der Waals surface area contributed by atoms with Crippen LogP contribution in [0.25, 0.3) is 0 Å². The summed E-state index contributed by atoms with van der Waals surface area (Å²) in [7, 11) is -3.64. The van der Waals surface area contributed by atoms with Crippen LogP contribution in [-0.2, 0) is 32.6 Å². The largest absolute Gasteiger partial charge is 0.454 e. The van der Waals surface area contributed by atoms with Crippen LogP contribution in [0.15, 0.2) is 72.8 Å². The predicted molar refractivity (Wildman–Crippen MR) is 158 cm³/mol. The van der Waals surface area contributed by atoms with Gasteiger partial charge < -0.3 is 19.7 Å². The summed E-state index contributed by atoms with van der Waals surface area (Å²) in [5, 5.41) is 2.90. The van der Waals surface area contributed by atoms with Gasteiger partial charge in [0, 0.05) is 38.5 Å². The van der Waals surface area contributed by atoms with Crippen LogP contribution in [0.5, 0.6) is 11.5 Å². The van der Waals surface area contributed by atoms with Crippen molar-refractivity contribution >= 4 is 27.5 Å². The summed E-state index contributed by atoms with van der Waals surface area (Å²) >= 11 is 0. The average molecular weight is 580 g/mol. The molecule has 0 saturated heterocycles. The third kappa shape index (κ3) is 7.79. The Balaban J connectivity index is 1.56. The normalized spacial score (nSPS) is 13.0. The van der Waals surface area contributed by atoms with Gasteiger partial charge in [-0.05, 0) is 49.1 Å². The molecule has 0 spiro atoms. The molecule has 1 aliphatic heterocycles. The van der Waals surface area contributed by atoms with Gasteiger partial charge in [0.2, 0.25) is 28.6 Å². The van der Waals surface area contributed by atoms with Gasteiger partial charge in [-0.1, -0.05) is 54.6 Å². The second-order valence-electron chi connectivity index (χ2n) is 10.0. The van der Waals surface area contributed by atoms with Gasteiger partial charge in [0.25, 0.3) is 0 Å². The highest BCUT2D eigenvalue weighted by Gasteiger charge is 2.30. The number of anilines is 1. The number of carbonyl (C=O) groups excluding carboxylic acids is 2. The third-order valence-corrected chi connectivity index (χ3v) is 8.21. The number of nitrogens with one attached hydrogen (secondary N) is 1. The molecule has 4 rings (SSSR count). The SMILES string of the molecule is CCNC(=O)[C@H](Cc1ccccc1)N(Cc1ccccc1C)C(=O)CCCN(c1ccc2c(c1)OCO2)S(C)(=O)=O. The monoisotopic (exact) mass is 579 g/mol. The zero-order chi connectivity index (χ0) is 29.4. The fourth-order valence-corrected chi connectivity index (χ4v) is 5.82. The molecule has 2 amide bonds. The quantitative estimate of drug-likeness (QED) is 0.328. The van der Waals surface area contributed by atoms with E-state index in [9.17, 15) is 18.0 Å². The molecule has 10 heteroatoms. The van der Waals surface area contributed by atoms with Crippen molar-refractivity contribution in [1.29, 1.82) is 0 Å². The summed E-state index contributed by atoms with van der Waals surface area (Å²) in [6.07, 6.45) is 1.82. The Kier molecular flexibility index (Phi) is 9.88. The van der Waals surface area contributed by atoms with Crippen LogP contribution in [-0.4, -0.2) is 57.3 Å². The average Bonchev–Trinajstić information content (AvgIpc) is 3.42. The standard InChI is InChI=1S/C31H37N3O6S/c1-4-32-31(36)27(19-24-12-6-5-7-13-24)33(21-25-14-9-8-11-23(25)2)30(35)15-10-18-34(41(3,37)38)26-16-17-28-29(20-26)40-22-39-28/h5-9,11-14,16-17,20,27H,4,10,15,18-19,21-22H2,1-3H3,(H,32,36)/t27-/m0/s1. The molecule has 3 aromatic carbocycles. The summed E-state index contributed by atoms with van der Waals surface area (Å²) in [5.41, 5.74) is 3.34. The lowest BCUT2D eigenvalue weighted by atomic mass is 10.0.